The number of carbonyl (C=O) groups excluding carboxylic acids is 3. The van der Waals surface area contributed by atoms with Gasteiger partial charge in [-0.1, -0.05) is 36.0 Å². The molecule has 1 heterocycles. The minimum Gasteiger partial charge on any atom is -0.497 e. The molecule has 1 atom stereocenters. The molecule has 1 aromatic heterocycles. The fraction of sp³-hybridized carbons (Fsp3) is 0.296. The molecule has 0 aliphatic heterocycles. The highest BCUT2D eigenvalue weighted by molar-refractivity contribution is 7.99. The van der Waals surface area contributed by atoms with E-state index in [0.717, 1.165) is 11.3 Å². The Kier molecular flexibility index (Phi) is 10.5. The second-order valence-electron chi connectivity index (χ2n) is 8.19. The standard InChI is InChI=1S/C27H31N5O5S/c1-5-14-32-25(18(3)28-23(33)15-19-10-12-22(36-4)13-11-19)30-31-27(32)38-17-24(34)29-21-9-7-8-20(16-21)26(35)37-6-2/h5,7-13,16,18H,1,6,14-15,17H2,2-4H3,(H,28,33)(H,29,34)/t18-/m1/s1. The highest BCUT2D eigenvalue weighted by Gasteiger charge is 2.20. The first-order valence-corrected chi connectivity index (χ1v) is 13.0. The Hall–Kier alpha value is -4.12. The van der Waals surface area contributed by atoms with Crippen LogP contribution in [0.15, 0.2) is 66.3 Å². The molecule has 0 saturated carbocycles. The van der Waals surface area contributed by atoms with Crippen molar-refractivity contribution in [2.75, 3.05) is 24.8 Å². The van der Waals surface area contributed by atoms with Crippen LogP contribution in [0, 0.1) is 0 Å². The molecule has 11 heteroatoms. The van der Waals surface area contributed by atoms with Crippen molar-refractivity contribution in [2.45, 2.75) is 38.0 Å². The molecule has 3 rings (SSSR count). The number of aromatic nitrogens is 3. The molecule has 0 spiro atoms. The number of nitrogens with zero attached hydrogens (tertiary/aromatic N) is 3. The van der Waals surface area contributed by atoms with E-state index in [-0.39, 0.29) is 30.6 Å². The van der Waals surface area contributed by atoms with Gasteiger partial charge in [0.15, 0.2) is 11.0 Å². The van der Waals surface area contributed by atoms with Crippen LogP contribution in [0.1, 0.15) is 41.6 Å². The van der Waals surface area contributed by atoms with Gasteiger partial charge in [-0.2, -0.15) is 0 Å². The lowest BCUT2D eigenvalue weighted by Gasteiger charge is -2.15. The minimum atomic E-state index is -0.451. The van der Waals surface area contributed by atoms with Crippen LogP contribution < -0.4 is 15.4 Å². The van der Waals surface area contributed by atoms with Gasteiger partial charge in [-0.25, -0.2) is 4.79 Å². The first kappa shape index (κ1) is 28.5. The summed E-state index contributed by atoms with van der Waals surface area (Å²) in [7, 11) is 1.59. The number of ether oxygens (including phenoxy) is 2. The topological polar surface area (TPSA) is 124 Å². The molecule has 38 heavy (non-hydrogen) atoms. The van der Waals surface area contributed by atoms with E-state index in [4.69, 9.17) is 9.47 Å². The van der Waals surface area contributed by atoms with Crippen LogP contribution in [0.4, 0.5) is 5.69 Å². The zero-order chi connectivity index (χ0) is 27.5. The molecule has 10 nitrogen and oxygen atoms in total. The normalized spacial score (nSPS) is 11.3. The molecule has 2 amide bonds. The number of hydrogen-bond donors (Lipinski definition) is 2. The SMILES string of the molecule is C=CCn1c(SCC(=O)Nc2cccc(C(=O)OCC)c2)nnc1[C@@H](C)NC(=O)Cc1ccc(OC)cc1. The summed E-state index contributed by atoms with van der Waals surface area (Å²) in [5.41, 5.74) is 1.70. The van der Waals surface area contributed by atoms with Crippen molar-refractivity contribution in [1.82, 2.24) is 20.1 Å². The maximum atomic E-state index is 12.6. The van der Waals surface area contributed by atoms with Crippen LogP contribution in [-0.2, 0) is 27.3 Å². The van der Waals surface area contributed by atoms with E-state index in [9.17, 15) is 14.4 Å². The molecule has 3 aromatic rings. The predicted molar refractivity (Wildman–Crippen MR) is 145 cm³/mol. The summed E-state index contributed by atoms with van der Waals surface area (Å²) >= 11 is 1.21. The van der Waals surface area contributed by atoms with Gasteiger partial charge in [0.2, 0.25) is 11.8 Å². The number of carbonyl (C=O) groups is 3. The maximum absolute atomic E-state index is 12.6. The number of hydrogen-bond acceptors (Lipinski definition) is 8. The Morgan fingerprint density at radius 1 is 1.13 bits per heavy atom. The summed E-state index contributed by atoms with van der Waals surface area (Å²) in [6, 6.07) is 13.4. The van der Waals surface area contributed by atoms with Crippen molar-refractivity contribution in [3.63, 3.8) is 0 Å². The number of benzene rings is 2. The van der Waals surface area contributed by atoms with Gasteiger partial charge in [0.25, 0.3) is 0 Å². The van der Waals surface area contributed by atoms with E-state index in [1.165, 1.54) is 11.8 Å². The van der Waals surface area contributed by atoms with E-state index in [2.05, 4.69) is 27.4 Å². The fourth-order valence-corrected chi connectivity index (χ4v) is 4.33. The van der Waals surface area contributed by atoms with Crippen LogP contribution in [0.3, 0.4) is 0 Å². The van der Waals surface area contributed by atoms with E-state index in [1.54, 1.807) is 44.4 Å². The van der Waals surface area contributed by atoms with E-state index < -0.39 is 12.0 Å². The molecule has 0 fully saturated rings. The number of nitrogens with one attached hydrogen (secondary N) is 2. The highest BCUT2D eigenvalue weighted by Crippen LogP contribution is 2.22. The Bertz CT molecular complexity index is 1280. The molecule has 2 aromatic carbocycles. The summed E-state index contributed by atoms with van der Waals surface area (Å²) in [5.74, 6) is 0.466. The van der Waals surface area contributed by atoms with Crippen LogP contribution in [0.5, 0.6) is 5.75 Å². The number of methoxy groups -OCH3 is 1. The zero-order valence-corrected chi connectivity index (χ0v) is 22.4. The third kappa shape index (κ3) is 7.94. The maximum Gasteiger partial charge on any atom is 0.338 e. The van der Waals surface area contributed by atoms with Crippen LogP contribution in [0.25, 0.3) is 0 Å². The molecular formula is C27H31N5O5S. The number of anilines is 1. The van der Waals surface area contributed by atoms with Crippen LogP contribution >= 0.6 is 11.8 Å². The van der Waals surface area contributed by atoms with Gasteiger partial charge in [0, 0.05) is 12.2 Å². The predicted octanol–water partition coefficient (Wildman–Crippen LogP) is 3.80. The molecule has 0 aliphatic rings. The smallest absolute Gasteiger partial charge is 0.338 e. The lowest BCUT2D eigenvalue weighted by Crippen LogP contribution is -2.30. The van der Waals surface area contributed by atoms with E-state index in [0.29, 0.717) is 28.8 Å². The minimum absolute atomic E-state index is 0.0666. The van der Waals surface area contributed by atoms with Gasteiger partial charge in [0.1, 0.15) is 5.75 Å². The summed E-state index contributed by atoms with van der Waals surface area (Å²) in [6.45, 7) is 8.03. The van der Waals surface area contributed by atoms with Gasteiger partial charge in [-0.05, 0) is 49.7 Å². The monoisotopic (exact) mass is 537 g/mol. The summed E-state index contributed by atoms with van der Waals surface area (Å²) in [6.07, 6.45) is 1.91. The van der Waals surface area contributed by atoms with Crippen LogP contribution in [0.2, 0.25) is 0 Å². The van der Waals surface area contributed by atoms with Crippen molar-refractivity contribution in [3.05, 3.63) is 78.1 Å². The van der Waals surface area contributed by atoms with Crippen molar-refractivity contribution in [1.29, 1.82) is 0 Å². The largest absolute Gasteiger partial charge is 0.497 e. The Morgan fingerprint density at radius 3 is 2.58 bits per heavy atom. The van der Waals surface area contributed by atoms with E-state index in [1.807, 2.05) is 35.8 Å². The van der Waals surface area contributed by atoms with Gasteiger partial charge in [-0.15, -0.1) is 16.8 Å². The third-order valence-corrected chi connectivity index (χ3v) is 6.30. The lowest BCUT2D eigenvalue weighted by molar-refractivity contribution is -0.121. The Labute approximate surface area is 225 Å². The quantitative estimate of drug-likeness (QED) is 0.192. The van der Waals surface area contributed by atoms with Crippen molar-refractivity contribution < 1.29 is 23.9 Å². The van der Waals surface area contributed by atoms with Gasteiger partial charge in [-0.3, -0.25) is 9.59 Å². The Morgan fingerprint density at radius 2 is 1.89 bits per heavy atom. The number of amides is 2. The fourth-order valence-electron chi connectivity index (χ4n) is 3.58. The first-order valence-electron chi connectivity index (χ1n) is 12.0. The van der Waals surface area contributed by atoms with E-state index >= 15 is 0 Å². The molecule has 0 aliphatic carbocycles. The third-order valence-electron chi connectivity index (χ3n) is 5.34. The second-order valence-corrected chi connectivity index (χ2v) is 9.13. The molecule has 0 bridgehead atoms. The van der Waals surface area contributed by atoms with Crippen LogP contribution in [-0.4, -0.2) is 52.0 Å². The molecule has 200 valence electrons. The molecular weight excluding hydrogens is 506 g/mol. The van der Waals surface area contributed by atoms with Gasteiger partial charge >= 0.3 is 5.97 Å². The average molecular weight is 538 g/mol. The Balaban J connectivity index is 1.60. The second kappa shape index (κ2) is 14.0. The summed E-state index contributed by atoms with van der Waals surface area (Å²) < 4.78 is 12.0. The molecule has 0 radical (unpaired) electrons. The number of esters is 1. The van der Waals surface area contributed by atoms with Crippen molar-refractivity contribution in [2.24, 2.45) is 0 Å². The lowest BCUT2D eigenvalue weighted by atomic mass is 10.1. The molecule has 2 N–H and O–H groups in total. The summed E-state index contributed by atoms with van der Waals surface area (Å²) in [4.78, 5) is 37.1. The number of rotatable bonds is 13. The zero-order valence-electron chi connectivity index (χ0n) is 21.6. The number of allylic oxidation sites excluding steroid dienone is 1. The van der Waals surface area contributed by atoms with Gasteiger partial charge < -0.3 is 24.7 Å². The first-order chi connectivity index (χ1) is 18.3. The molecule has 0 unspecified atom stereocenters. The number of thioether (sulfide) groups is 1. The highest BCUT2D eigenvalue weighted by atomic mass is 32.2. The van der Waals surface area contributed by atoms with Crippen molar-refractivity contribution in [3.8, 4) is 5.75 Å². The molecule has 0 saturated heterocycles. The summed E-state index contributed by atoms with van der Waals surface area (Å²) in [5, 5.41) is 14.7. The van der Waals surface area contributed by atoms with Crippen molar-refractivity contribution >= 4 is 35.2 Å². The average Bonchev–Trinajstić information content (AvgIpc) is 3.31. The van der Waals surface area contributed by atoms with Gasteiger partial charge in [0.05, 0.1) is 37.5 Å².